The normalized spacial score (nSPS) is 23.3. The number of rotatable bonds is 10. The predicted molar refractivity (Wildman–Crippen MR) is 143 cm³/mol. The van der Waals surface area contributed by atoms with Crippen molar-refractivity contribution in [1.82, 2.24) is 15.1 Å². The molecule has 1 aromatic rings. The van der Waals surface area contributed by atoms with Crippen LogP contribution in [0.5, 0.6) is 0 Å². The van der Waals surface area contributed by atoms with Gasteiger partial charge in [0.15, 0.2) is 0 Å². The molecule has 238 valence electrons. The number of primary amides is 2. The Labute approximate surface area is 245 Å². The van der Waals surface area contributed by atoms with Crippen LogP contribution in [0.4, 0.5) is 18.0 Å². The molecule has 7 N–H and O–H groups in total. The van der Waals surface area contributed by atoms with E-state index in [0.717, 1.165) is 17.0 Å². The fourth-order valence-corrected chi connectivity index (χ4v) is 5.67. The number of likely N-dealkylation sites (tertiary alicyclic amines) is 2. The van der Waals surface area contributed by atoms with E-state index in [1.165, 1.54) is 30.9 Å². The van der Waals surface area contributed by atoms with Gasteiger partial charge in [-0.3, -0.25) is 19.2 Å². The van der Waals surface area contributed by atoms with Crippen molar-refractivity contribution >= 4 is 29.7 Å². The first-order chi connectivity index (χ1) is 20.0. The minimum atomic E-state index is -4.60. The zero-order chi connectivity index (χ0) is 32.3. The number of ether oxygens (including phenoxy) is 1. The molecule has 0 saturated carbocycles. The van der Waals surface area contributed by atoms with Gasteiger partial charge in [0.05, 0.1) is 17.8 Å². The van der Waals surface area contributed by atoms with Crippen LogP contribution in [0.1, 0.15) is 50.7 Å². The molecule has 6 atom stereocenters. The first-order valence-electron chi connectivity index (χ1n) is 13.7. The van der Waals surface area contributed by atoms with Gasteiger partial charge in [0.2, 0.25) is 23.8 Å². The van der Waals surface area contributed by atoms with Gasteiger partial charge in [-0.05, 0) is 57.2 Å². The Kier molecular flexibility index (Phi) is 10.3. The first kappa shape index (κ1) is 33.6. The minimum absolute atomic E-state index is 0.0267. The van der Waals surface area contributed by atoms with Gasteiger partial charge in [-0.25, -0.2) is 4.79 Å². The molecule has 16 heteroatoms. The molecular weight excluding hydrogens is 579 g/mol. The first-order valence-corrected chi connectivity index (χ1v) is 13.7. The van der Waals surface area contributed by atoms with E-state index < -0.39 is 77.4 Å². The van der Waals surface area contributed by atoms with Crippen molar-refractivity contribution in [2.24, 2.45) is 11.5 Å². The molecule has 3 rings (SSSR count). The zero-order valence-electron chi connectivity index (χ0n) is 23.7. The molecule has 1 aromatic carbocycles. The summed E-state index contributed by atoms with van der Waals surface area (Å²) < 4.78 is 44.3. The van der Waals surface area contributed by atoms with Gasteiger partial charge in [-0.2, -0.15) is 13.2 Å². The second kappa shape index (κ2) is 13.2. The number of alkyl halides is 3. The molecule has 43 heavy (non-hydrogen) atoms. The highest BCUT2D eigenvalue weighted by Crippen LogP contribution is 2.37. The summed E-state index contributed by atoms with van der Waals surface area (Å²) in [4.78, 5) is 66.9. The monoisotopic (exact) mass is 615 g/mol. The molecule has 2 fully saturated rings. The minimum Gasteiger partial charge on any atom is -0.433 e. The lowest BCUT2D eigenvalue weighted by Gasteiger charge is -2.41. The number of aliphatic hydroxyl groups is 2. The standard InChI is InChI=1S/C27H36F3N5O8/c1-14(36)19(21(31)38)33-24(41)26(13-16-6-8-17(9-7-16)27(28,29)30)10-4-12-35(26)22(39)18-5-3-11-34(18)23(40)20(15(2)37)43-25(32)42/h6-9,14-15,18-20,36-37H,3-5,10-13H2,1-2H3,(H2,31,38)(H2,32,42)(H,33,41)/t14-,15-,18+,19+,20+,26?/m1/s1. The average molecular weight is 616 g/mol. The quantitative estimate of drug-likeness (QED) is 0.238. The van der Waals surface area contributed by atoms with Gasteiger partial charge >= 0.3 is 12.3 Å². The Bertz CT molecular complexity index is 1230. The summed E-state index contributed by atoms with van der Waals surface area (Å²) in [5.74, 6) is -3.45. The Morgan fingerprint density at radius 1 is 1.05 bits per heavy atom. The van der Waals surface area contributed by atoms with Crippen LogP contribution < -0.4 is 16.8 Å². The van der Waals surface area contributed by atoms with Gasteiger partial charge in [-0.1, -0.05) is 12.1 Å². The third kappa shape index (κ3) is 7.36. The molecule has 1 unspecified atom stereocenters. The summed E-state index contributed by atoms with van der Waals surface area (Å²) >= 11 is 0. The summed E-state index contributed by atoms with van der Waals surface area (Å²) in [6.45, 7) is 2.53. The summed E-state index contributed by atoms with van der Waals surface area (Å²) in [6, 6.07) is 1.38. The third-order valence-corrected chi connectivity index (χ3v) is 7.78. The van der Waals surface area contributed by atoms with E-state index >= 15 is 0 Å². The Hall–Kier alpha value is -3.92. The maximum atomic E-state index is 14.1. The van der Waals surface area contributed by atoms with E-state index in [1.807, 2.05) is 0 Å². The summed E-state index contributed by atoms with van der Waals surface area (Å²) in [5.41, 5.74) is 8.03. The molecule has 2 aliphatic rings. The van der Waals surface area contributed by atoms with Crippen LogP contribution in [0.2, 0.25) is 0 Å². The van der Waals surface area contributed by atoms with Crippen LogP contribution in [-0.4, -0.2) is 98.8 Å². The molecule has 5 amide bonds. The largest absolute Gasteiger partial charge is 0.433 e. The maximum absolute atomic E-state index is 14.1. The van der Waals surface area contributed by atoms with E-state index in [-0.39, 0.29) is 44.3 Å². The van der Waals surface area contributed by atoms with Crippen LogP contribution in [0.25, 0.3) is 0 Å². The second-order valence-electron chi connectivity index (χ2n) is 10.9. The van der Waals surface area contributed by atoms with Crippen LogP contribution in [0.15, 0.2) is 24.3 Å². The molecular formula is C27H36F3N5O8. The topological polar surface area (TPSA) is 206 Å². The Morgan fingerprint density at radius 2 is 1.67 bits per heavy atom. The number of halogens is 3. The van der Waals surface area contributed by atoms with E-state index in [9.17, 15) is 47.4 Å². The van der Waals surface area contributed by atoms with Crippen molar-refractivity contribution in [2.45, 2.75) is 88.1 Å². The van der Waals surface area contributed by atoms with Crippen molar-refractivity contribution in [3.63, 3.8) is 0 Å². The number of amides is 5. The van der Waals surface area contributed by atoms with Gasteiger partial charge in [-0.15, -0.1) is 0 Å². The van der Waals surface area contributed by atoms with Crippen molar-refractivity contribution in [3.8, 4) is 0 Å². The Balaban J connectivity index is 2.00. The molecule has 13 nitrogen and oxygen atoms in total. The number of nitrogens with two attached hydrogens (primary N) is 2. The van der Waals surface area contributed by atoms with Gasteiger partial charge in [0.25, 0.3) is 5.91 Å². The molecule has 2 aliphatic heterocycles. The smallest absolute Gasteiger partial charge is 0.416 e. The van der Waals surface area contributed by atoms with Crippen molar-refractivity contribution < 1.29 is 52.1 Å². The lowest BCUT2D eigenvalue weighted by Crippen LogP contribution is -2.65. The second-order valence-corrected chi connectivity index (χ2v) is 10.9. The zero-order valence-corrected chi connectivity index (χ0v) is 23.7. The number of nitrogens with zero attached hydrogens (tertiary/aromatic N) is 2. The highest BCUT2D eigenvalue weighted by molar-refractivity contribution is 5.98. The molecule has 0 aromatic heterocycles. The lowest BCUT2D eigenvalue weighted by atomic mass is 9.85. The number of hydrogen-bond donors (Lipinski definition) is 5. The lowest BCUT2D eigenvalue weighted by molar-refractivity contribution is -0.156. The highest BCUT2D eigenvalue weighted by atomic mass is 19.4. The molecule has 0 spiro atoms. The van der Waals surface area contributed by atoms with Crippen molar-refractivity contribution in [2.75, 3.05) is 13.1 Å². The van der Waals surface area contributed by atoms with Gasteiger partial charge in [0, 0.05) is 19.5 Å². The number of carbonyl (C=O) groups is 5. The summed E-state index contributed by atoms with van der Waals surface area (Å²) in [6.07, 6.45) is -9.86. The van der Waals surface area contributed by atoms with Crippen LogP contribution in [0, 0.1) is 0 Å². The Morgan fingerprint density at radius 3 is 2.19 bits per heavy atom. The van der Waals surface area contributed by atoms with Crippen LogP contribution in [0.3, 0.4) is 0 Å². The van der Waals surface area contributed by atoms with E-state index in [1.54, 1.807) is 0 Å². The van der Waals surface area contributed by atoms with Crippen LogP contribution in [-0.2, 0) is 36.5 Å². The molecule has 0 radical (unpaired) electrons. The van der Waals surface area contributed by atoms with Crippen molar-refractivity contribution in [3.05, 3.63) is 35.4 Å². The number of hydrogen-bond acceptors (Lipinski definition) is 8. The van der Waals surface area contributed by atoms with Crippen molar-refractivity contribution in [1.29, 1.82) is 0 Å². The summed E-state index contributed by atoms with van der Waals surface area (Å²) in [5, 5.41) is 22.5. The van der Waals surface area contributed by atoms with E-state index in [4.69, 9.17) is 16.2 Å². The molecule has 0 aliphatic carbocycles. The number of carbonyl (C=O) groups excluding carboxylic acids is 5. The van der Waals surface area contributed by atoms with Crippen LogP contribution >= 0.6 is 0 Å². The number of nitrogens with one attached hydrogen (secondary N) is 1. The predicted octanol–water partition coefficient (Wildman–Crippen LogP) is -0.204. The fourth-order valence-electron chi connectivity index (χ4n) is 5.67. The van der Waals surface area contributed by atoms with Gasteiger partial charge < -0.3 is 41.5 Å². The molecule has 2 heterocycles. The highest BCUT2D eigenvalue weighted by Gasteiger charge is 2.53. The summed E-state index contributed by atoms with van der Waals surface area (Å²) in [7, 11) is 0. The average Bonchev–Trinajstić information content (AvgIpc) is 3.57. The molecule has 0 bridgehead atoms. The van der Waals surface area contributed by atoms with E-state index in [0.29, 0.717) is 6.42 Å². The maximum Gasteiger partial charge on any atom is 0.416 e. The van der Waals surface area contributed by atoms with E-state index in [2.05, 4.69) is 5.32 Å². The van der Waals surface area contributed by atoms with Gasteiger partial charge in [0.1, 0.15) is 17.6 Å². The SMILES string of the molecule is C[C@@H](O)[C@H](NC(=O)C1(Cc2ccc(C(F)(F)F)cc2)CCCN1C(=O)[C@@H]1CCCN1C(=O)[C@@H](OC(N)=O)[C@@H](C)O)C(N)=O. The number of benzene rings is 1. The number of aliphatic hydroxyl groups excluding tert-OH is 2. The third-order valence-electron chi connectivity index (χ3n) is 7.78. The fraction of sp³-hybridized carbons (Fsp3) is 0.593. The molecule has 2 saturated heterocycles.